The number of carbonyl (C=O) groups excluding carboxylic acids is 2. The number of para-hydroxylation sites is 1. The molecule has 0 bridgehead atoms. The van der Waals surface area contributed by atoms with E-state index in [4.69, 9.17) is 4.74 Å². The van der Waals surface area contributed by atoms with Crippen molar-refractivity contribution in [2.24, 2.45) is 0 Å². The fourth-order valence-electron chi connectivity index (χ4n) is 2.28. The maximum absolute atomic E-state index is 11.8. The van der Waals surface area contributed by atoms with Gasteiger partial charge in [-0.3, -0.25) is 0 Å². The lowest BCUT2D eigenvalue weighted by Gasteiger charge is -2.11. The van der Waals surface area contributed by atoms with Crippen molar-refractivity contribution < 1.29 is 14.3 Å². The van der Waals surface area contributed by atoms with Gasteiger partial charge in [0.05, 0.1) is 6.61 Å². The molecular formula is C17H17N3O3. The van der Waals surface area contributed by atoms with E-state index >= 15 is 0 Å². The number of rotatable bonds is 4. The number of nitrogens with one attached hydrogen (secondary N) is 3. The largest absolute Gasteiger partial charge is 0.464 e. The highest BCUT2D eigenvalue weighted by molar-refractivity contribution is 5.93. The van der Waals surface area contributed by atoms with E-state index in [1.807, 2.05) is 42.5 Å². The monoisotopic (exact) mass is 311 g/mol. The molecule has 0 unspecified atom stereocenters. The number of amides is 2. The first-order valence-corrected chi connectivity index (χ1v) is 7.37. The first kappa shape index (κ1) is 14.9. The van der Waals surface area contributed by atoms with E-state index < -0.39 is 12.1 Å². The molecule has 6 heteroatoms. The lowest BCUT2D eigenvalue weighted by Crippen LogP contribution is -2.40. The molecule has 0 radical (unpaired) electrons. The second-order valence-electron chi connectivity index (χ2n) is 5.18. The maximum atomic E-state index is 11.8. The van der Waals surface area contributed by atoms with Crippen LogP contribution in [0.3, 0.4) is 0 Å². The van der Waals surface area contributed by atoms with Gasteiger partial charge in [-0.25, -0.2) is 9.59 Å². The van der Waals surface area contributed by atoms with Crippen molar-refractivity contribution >= 4 is 29.1 Å². The lowest BCUT2D eigenvalue weighted by atomic mass is 10.2. The van der Waals surface area contributed by atoms with Gasteiger partial charge in [-0.2, -0.15) is 0 Å². The fourth-order valence-corrected chi connectivity index (χ4v) is 2.28. The number of carbonyl (C=O) groups is 2. The molecule has 1 fully saturated rings. The van der Waals surface area contributed by atoms with Gasteiger partial charge in [0.1, 0.15) is 6.04 Å². The minimum atomic E-state index is -0.561. The number of anilines is 3. The Hall–Kier alpha value is -3.02. The Morgan fingerprint density at radius 1 is 0.957 bits per heavy atom. The third-order valence-electron chi connectivity index (χ3n) is 3.45. The van der Waals surface area contributed by atoms with Crippen LogP contribution < -0.4 is 16.0 Å². The Morgan fingerprint density at radius 3 is 2.26 bits per heavy atom. The molecule has 1 heterocycles. The number of cyclic esters (lactones) is 1. The van der Waals surface area contributed by atoms with Gasteiger partial charge in [-0.05, 0) is 36.4 Å². The van der Waals surface area contributed by atoms with Crippen LogP contribution in [-0.4, -0.2) is 24.6 Å². The Labute approximate surface area is 133 Å². The standard InChI is InChI=1S/C17H17N3O3/c21-16-15(10-11-23-16)20-17(22)19-14-8-6-13(7-9-14)18-12-4-2-1-3-5-12/h1-9,15,18H,10-11H2,(H2,19,20,22)/t15-/m0/s1. The topological polar surface area (TPSA) is 79.5 Å². The summed E-state index contributed by atoms with van der Waals surface area (Å²) in [5, 5.41) is 8.55. The summed E-state index contributed by atoms with van der Waals surface area (Å²) < 4.78 is 4.80. The van der Waals surface area contributed by atoms with Crippen molar-refractivity contribution in [2.75, 3.05) is 17.2 Å². The third kappa shape index (κ3) is 4.00. The molecule has 118 valence electrons. The average Bonchev–Trinajstić information content (AvgIpc) is 2.95. The van der Waals surface area contributed by atoms with Gasteiger partial charge in [0.2, 0.25) is 0 Å². The van der Waals surface area contributed by atoms with E-state index in [-0.39, 0.29) is 5.97 Å². The average molecular weight is 311 g/mol. The zero-order valence-corrected chi connectivity index (χ0v) is 12.4. The summed E-state index contributed by atoms with van der Waals surface area (Å²) in [5.74, 6) is -0.387. The van der Waals surface area contributed by atoms with Crippen molar-refractivity contribution in [3.63, 3.8) is 0 Å². The molecular weight excluding hydrogens is 294 g/mol. The Morgan fingerprint density at radius 2 is 1.61 bits per heavy atom. The number of urea groups is 1. The van der Waals surface area contributed by atoms with Crippen LogP contribution in [0.1, 0.15) is 6.42 Å². The summed E-state index contributed by atoms with van der Waals surface area (Å²) in [7, 11) is 0. The van der Waals surface area contributed by atoms with Crippen molar-refractivity contribution in [1.82, 2.24) is 5.32 Å². The van der Waals surface area contributed by atoms with Crippen LogP contribution in [-0.2, 0) is 9.53 Å². The molecule has 23 heavy (non-hydrogen) atoms. The normalized spacial score (nSPS) is 16.5. The van der Waals surface area contributed by atoms with Gasteiger partial charge < -0.3 is 20.7 Å². The smallest absolute Gasteiger partial charge is 0.328 e. The number of ether oxygens (including phenoxy) is 1. The number of esters is 1. The van der Waals surface area contributed by atoms with Gasteiger partial charge in [0.25, 0.3) is 0 Å². The summed E-state index contributed by atoms with van der Waals surface area (Å²) >= 11 is 0. The summed E-state index contributed by atoms with van der Waals surface area (Å²) in [6, 6.07) is 16.1. The zero-order valence-electron chi connectivity index (χ0n) is 12.4. The molecule has 2 aromatic rings. The van der Waals surface area contributed by atoms with Crippen molar-refractivity contribution in [1.29, 1.82) is 0 Å². The van der Waals surface area contributed by atoms with Crippen molar-refractivity contribution in [3.05, 3.63) is 54.6 Å². The minimum Gasteiger partial charge on any atom is -0.464 e. The number of hydrogen-bond acceptors (Lipinski definition) is 4. The molecule has 1 atom stereocenters. The summed E-state index contributed by atoms with van der Waals surface area (Å²) in [6.07, 6.45) is 0.506. The molecule has 3 rings (SSSR count). The van der Waals surface area contributed by atoms with Crippen LogP contribution in [0, 0.1) is 0 Å². The van der Waals surface area contributed by atoms with E-state index in [9.17, 15) is 9.59 Å². The highest BCUT2D eigenvalue weighted by atomic mass is 16.5. The van der Waals surface area contributed by atoms with Gasteiger partial charge in [-0.1, -0.05) is 18.2 Å². The summed E-state index contributed by atoms with van der Waals surface area (Å²) in [5.41, 5.74) is 2.56. The fraction of sp³-hybridized carbons (Fsp3) is 0.176. The summed E-state index contributed by atoms with van der Waals surface area (Å²) in [4.78, 5) is 23.2. The molecule has 6 nitrogen and oxygen atoms in total. The molecule has 0 spiro atoms. The SMILES string of the molecule is O=C(Nc1ccc(Nc2ccccc2)cc1)N[C@H]1CCOC1=O. The molecule has 2 aromatic carbocycles. The maximum Gasteiger partial charge on any atom is 0.328 e. The molecule has 2 amide bonds. The van der Waals surface area contributed by atoms with E-state index in [0.717, 1.165) is 11.4 Å². The predicted molar refractivity (Wildman–Crippen MR) is 87.7 cm³/mol. The molecule has 0 aromatic heterocycles. The van der Waals surface area contributed by atoms with Crippen LogP contribution in [0.25, 0.3) is 0 Å². The number of hydrogen-bond donors (Lipinski definition) is 3. The van der Waals surface area contributed by atoms with Crippen molar-refractivity contribution in [3.8, 4) is 0 Å². The molecule has 0 saturated carbocycles. The Balaban J connectivity index is 1.55. The first-order valence-electron chi connectivity index (χ1n) is 7.37. The van der Waals surface area contributed by atoms with Crippen LogP contribution in [0.15, 0.2) is 54.6 Å². The van der Waals surface area contributed by atoms with Gasteiger partial charge in [-0.15, -0.1) is 0 Å². The van der Waals surface area contributed by atoms with Crippen LogP contribution in [0.5, 0.6) is 0 Å². The third-order valence-corrected chi connectivity index (χ3v) is 3.45. The van der Waals surface area contributed by atoms with Gasteiger partial charge in [0, 0.05) is 23.5 Å². The Kier molecular flexibility index (Phi) is 4.42. The quantitative estimate of drug-likeness (QED) is 0.759. The molecule has 1 aliphatic rings. The van der Waals surface area contributed by atoms with E-state index in [1.54, 1.807) is 12.1 Å². The van der Waals surface area contributed by atoms with E-state index in [2.05, 4.69) is 16.0 Å². The van der Waals surface area contributed by atoms with Crippen LogP contribution in [0.4, 0.5) is 21.9 Å². The molecule has 3 N–H and O–H groups in total. The van der Waals surface area contributed by atoms with E-state index in [1.165, 1.54) is 0 Å². The molecule has 0 aliphatic carbocycles. The molecule has 1 saturated heterocycles. The highest BCUT2D eigenvalue weighted by Crippen LogP contribution is 2.18. The zero-order chi connectivity index (χ0) is 16.1. The minimum absolute atomic E-state index is 0.351. The van der Waals surface area contributed by atoms with Gasteiger partial charge >= 0.3 is 12.0 Å². The Bertz CT molecular complexity index is 686. The van der Waals surface area contributed by atoms with Crippen LogP contribution in [0.2, 0.25) is 0 Å². The first-order chi connectivity index (χ1) is 11.2. The lowest BCUT2D eigenvalue weighted by molar-refractivity contribution is -0.139. The van der Waals surface area contributed by atoms with E-state index in [0.29, 0.717) is 18.7 Å². The highest BCUT2D eigenvalue weighted by Gasteiger charge is 2.27. The van der Waals surface area contributed by atoms with Crippen molar-refractivity contribution in [2.45, 2.75) is 12.5 Å². The van der Waals surface area contributed by atoms with Gasteiger partial charge in [0.15, 0.2) is 0 Å². The summed E-state index contributed by atoms with van der Waals surface area (Å²) in [6.45, 7) is 0.351. The second kappa shape index (κ2) is 6.83. The van der Waals surface area contributed by atoms with Crippen LogP contribution >= 0.6 is 0 Å². The predicted octanol–water partition coefficient (Wildman–Crippen LogP) is 2.87. The molecule has 1 aliphatic heterocycles. The number of benzene rings is 2. The second-order valence-corrected chi connectivity index (χ2v) is 5.18.